The van der Waals surface area contributed by atoms with Crippen LogP contribution in [0.2, 0.25) is 0 Å². The van der Waals surface area contributed by atoms with Crippen molar-refractivity contribution in [1.29, 1.82) is 0 Å². The van der Waals surface area contributed by atoms with Crippen LogP contribution in [0.4, 0.5) is 4.79 Å². The van der Waals surface area contributed by atoms with E-state index in [1.807, 2.05) is 83.8 Å². The number of carbonyl (C=O) groups excluding carboxylic acids is 7. The molecule has 19 nitrogen and oxygen atoms in total. The molecule has 69 heavy (non-hydrogen) atoms. The van der Waals surface area contributed by atoms with Gasteiger partial charge in [0.15, 0.2) is 0 Å². The van der Waals surface area contributed by atoms with Crippen molar-refractivity contribution in [2.24, 2.45) is 17.4 Å². The average Bonchev–Trinajstić information content (AvgIpc) is 3.95. The molecule has 1 aliphatic rings. The van der Waals surface area contributed by atoms with Crippen LogP contribution < -0.4 is 38.3 Å². The summed E-state index contributed by atoms with van der Waals surface area (Å²) in [7, 11) is 0. The average molecular weight is 941 g/mol. The van der Waals surface area contributed by atoms with E-state index in [-0.39, 0.29) is 45.3 Å². The molecular weight excluding hydrogens is 881 g/mol. The highest BCUT2D eigenvalue weighted by Gasteiger charge is 2.32. The summed E-state index contributed by atoms with van der Waals surface area (Å²) in [6.07, 6.45) is 6.15. The highest BCUT2D eigenvalue weighted by molar-refractivity contribution is 5.95. The fourth-order valence-electron chi connectivity index (χ4n) is 8.00. The predicted octanol–water partition coefficient (Wildman–Crippen LogP) is 2.02. The maximum absolute atomic E-state index is 14.6. The number of amides is 8. The molecule has 0 saturated carbocycles. The molecule has 8 amide bonds. The Bertz CT molecular complexity index is 2690. The molecule has 0 fully saturated rings. The van der Waals surface area contributed by atoms with Gasteiger partial charge in [0.2, 0.25) is 23.6 Å². The molecule has 0 aliphatic carbocycles. The second-order valence-electron chi connectivity index (χ2n) is 16.9. The van der Waals surface area contributed by atoms with Gasteiger partial charge in [-0.2, -0.15) is 0 Å². The van der Waals surface area contributed by atoms with Crippen LogP contribution >= 0.6 is 0 Å². The number of hydrogen-bond donors (Lipinski definition) is 9. The maximum Gasteiger partial charge on any atom is 0.337 e. The molecule has 3 aromatic carbocycles. The second kappa shape index (κ2) is 24.7. The van der Waals surface area contributed by atoms with Crippen molar-refractivity contribution >= 4 is 63.3 Å². The van der Waals surface area contributed by atoms with Gasteiger partial charge in [-0.3, -0.25) is 44.5 Å². The van der Waals surface area contributed by atoms with Gasteiger partial charge in [-0.05, 0) is 68.0 Å². The zero-order valence-electron chi connectivity index (χ0n) is 38.6. The van der Waals surface area contributed by atoms with E-state index in [9.17, 15) is 33.6 Å². The van der Waals surface area contributed by atoms with E-state index in [1.54, 1.807) is 18.5 Å². The molecular formula is C50H60N12O7. The highest BCUT2D eigenvalue weighted by atomic mass is 16.2. The first-order valence-corrected chi connectivity index (χ1v) is 22.8. The van der Waals surface area contributed by atoms with E-state index in [0.29, 0.717) is 37.1 Å². The number of carbonyl (C=O) groups is 7. The third kappa shape index (κ3) is 14.3. The Labute approximate surface area is 400 Å². The number of rotatable bonds is 11. The van der Waals surface area contributed by atoms with Crippen LogP contribution in [0.5, 0.6) is 0 Å². The van der Waals surface area contributed by atoms with Gasteiger partial charge in [-0.1, -0.05) is 84.6 Å². The zero-order chi connectivity index (χ0) is 49.3. The van der Waals surface area contributed by atoms with E-state index in [1.165, 1.54) is 6.92 Å². The molecule has 1 aliphatic heterocycles. The molecule has 11 N–H and O–H groups in total. The maximum atomic E-state index is 14.6. The Morgan fingerprint density at radius 3 is 2.13 bits per heavy atom. The number of primary amides is 1. The van der Waals surface area contributed by atoms with Crippen molar-refractivity contribution in [3.8, 4) is 11.8 Å². The number of benzene rings is 3. The van der Waals surface area contributed by atoms with Crippen molar-refractivity contribution in [3.05, 3.63) is 121 Å². The molecule has 0 unspecified atom stereocenters. The topological polar surface area (TPSA) is 273 Å². The van der Waals surface area contributed by atoms with Gasteiger partial charge < -0.3 is 37.4 Å². The van der Waals surface area contributed by atoms with Crippen molar-refractivity contribution in [1.82, 2.24) is 51.7 Å². The van der Waals surface area contributed by atoms with E-state index >= 15 is 0 Å². The van der Waals surface area contributed by atoms with Crippen LogP contribution in [0.15, 0.2) is 104 Å². The fraction of sp³-hybridized carbons (Fsp3) is 0.340. The van der Waals surface area contributed by atoms with Crippen molar-refractivity contribution < 1.29 is 33.6 Å². The summed E-state index contributed by atoms with van der Waals surface area (Å²) in [6.45, 7) is 5.66. The Morgan fingerprint density at radius 2 is 1.45 bits per heavy atom. The second-order valence-corrected chi connectivity index (χ2v) is 16.9. The summed E-state index contributed by atoms with van der Waals surface area (Å²) in [5.74, 6) is 0.790. The Kier molecular flexibility index (Phi) is 18.1. The number of hydrogen-bond acceptors (Lipinski definition) is 9. The van der Waals surface area contributed by atoms with Gasteiger partial charge in [0.1, 0.15) is 24.7 Å². The Balaban J connectivity index is 1.35. The first-order valence-electron chi connectivity index (χ1n) is 22.8. The molecule has 0 bridgehead atoms. The minimum Gasteiger partial charge on any atom is -0.368 e. The lowest BCUT2D eigenvalue weighted by Crippen LogP contribution is -2.59. The number of aromatic amines is 2. The number of nitrogens with one attached hydrogen (secondary N) is 7. The minimum atomic E-state index is -1.31. The number of nitrogens with two attached hydrogens (primary N) is 2. The first kappa shape index (κ1) is 50.5. The standard InChI is InChI=1S/C50H60N12O7/c1-3-22-60-23-12-11-21-42(46(52)65)56-48(67)35(26-34-15-5-4-6-16-34)28-45(64)62(32-37-31-54-41-20-10-8-18-39(37)41)59-47(66)33(2)55-49(68)43(27-36-30-53-40-19-9-7-17-38(36)40)57-50(69)61(25-14-13-24-60)58-44(63)29-51/h3-10,15-20,30-31,33,35,42-43,53-54H,1,11-12,21-29,32,51H2,2H3,(H2,52,65)(H,55,68)(H,56,67)(H,57,69)(H,58,63)(H,59,66)/t33-,35-,42-,43+/m0/s1. The first-order chi connectivity index (χ1) is 33.3. The lowest BCUT2D eigenvalue weighted by molar-refractivity contribution is -0.145. The molecule has 19 heteroatoms. The number of aromatic nitrogens is 2. The summed E-state index contributed by atoms with van der Waals surface area (Å²) in [6, 6.07) is 19.5. The lowest BCUT2D eigenvalue weighted by Gasteiger charge is -2.28. The Morgan fingerprint density at radius 1 is 0.797 bits per heavy atom. The summed E-state index contributed by atoms with van der Waals surface area (Å²) in [5, 5.41) is 11.8. The van der Waals surface area contributed by atoms with Gasteiger partial charge in [-0.15, -0.1) is 6.58 Å². The zero-order valence-corrected chi connectivity index (χ0v) is 38.6. The third-order valence-corrected chi connectivity index (χ3v) is 11.8. The quantitative estimate of drug-likeness (QED) is 0.0692. The van der Waals surface area contributed by atoms with Crippen LogP contribution in [0.25, 0.3) is 21.8 Å². The van der Waals surface area contributed by atoms with Gasteiger partial charge in [0.25, 0.3) is 11.8 Å². The third-order valence-electron chi connectivity index (χ3n) is 11.8. The summed E-state index contributed by atoms with van der Waals surface area (Å²) >= 11 is 0. The molecule has 0 spiro atoms. The van der Waals surface area contributed by atoms with Crippen LogP contribution in [0.3, 0.4) is 0 Å². The fourth-order valence-corrected chi connectivity index (χ4v) is 8.00. The lowest BCUT2D eigenvalue weighted by atomic mass is 9.94. The largest absolute Gasteiger partial charge is 0.368 e. The van der Waals surface area contributed by atoms with Crippen LogP contribution in [0, 0.1) is 17.8 Å². The minimum absolute atomic E-state index is 0.0382. The van der Waals surface area contributed by atoms with E-state index in [2.05, 4.69) is 55.2 Å². The molecule has 3 heterocycles. The van der Waals surface area contributed by atoms with Crippen molar-refractivity contribution in [2.45, 2.75) is 70.1 Å². The van der Waals surface area contributed by atoms with Gasteiger partial charge in [-0.25, -0.2) is 14.8 Å². The smallest absolute Gasteiger partial charge is 0.337 e. The van der Waals surface area contributed by atoms with E-state index < -0.39 is 72.1 Å². The van der Waals surface area contributed by atoms with E-state index in [4.69, 9.17) is 11.5 Å². The molecule has 5 aromatic rings. The highest BCUT2D eigenvalue weighted by Crippen LogP contribution is 2.22. The monoisotopic (exact) mass is 940 g/mol. The molecule has 4 atom stereocenters. The molecule has 362 valence electrons. The van der Waals surface area contributed by atoms with Gasteiger partial charge in [0, 0.05) is 53.6 Å². The van der Waals surface area contributed by atoms with E-state index in [0.717, 1.165) is 37.4 Å². The number of nitrogens with zero attached hydrogens (tertiary/aromatic N) is 3. The summed E-state index contributed by atoms with van der Waals surface area (Å²) < 4.78 is 0. The van der Waals surface area contributed by atoms with Gasteiger partial charge in [0.05, 0.1) is 25.6 Å². The molecule has 6 rings (SSSR count). The number of fused-ring (bicyclic) bond motifs is 2. The van der Waals surface area contributed by atoms with Crippen LogP contribution in [0.1, 0.15) is 49.3 Å². The number of urea groups is 1. The van der Waals surface area contributed by atoms with Crippen molar-refractivity contribution in [2.75, 3.05) is 32.7 Å². The number of hydrazine groups is 2. The van der Waals surface area contributed by atoms with Gasteiger partial charge >= 0.3 is 6.03 Å². The molecule has 0 saturated heterocycles. The Hall–Kier alpha value is -7.95. The van der Waals surface area contributed by atoms with Crippen LogP contribution in [-0.2, 0) is 48.2 Å². The molecule has 0 radical (unpaired) electrons. The normalized spacial score (nSPS) is 20.1. The summed E-state index contributed by atoms with van der Waals surface area (Å²) in [5.41, 5.74) is 20.2. The number of para-hydroxylation sites is 2. The predicted molar refractivity (Wildman–Crippen MR) is 260 cm³/mol. The summed E-state index contributed by atoms with van der Waals surface area (Å²) in [4.78, 5) is 105. The molecule has 2 aromatic heterocycles. The van der Waals surface area contributed by atoms with Crippen LogP contribution in [-0.4, -0.2) is 117 Å². The van der Waals surface area contributed by atoms with Crippen molar-refractivity contribution in [3.63, 3.8) is 0 Å². The SMILES string of the molecule is C=CCN1CC#CCN(NC(=O)CN)C(=O)N[C@H](Cc2c[nH]c3ccccc23)C(=O)N[C@@H](C)C(=O)NN(Cc2c[nH]c3ccccc23)C(=O)C[C@H](Cc2ccccc2)C(=O)N[C@H](C(N)=O)CCCC1. The number of H-pyrrole nitrogens is 2.